The molecular weight excluding hydrogens is 214 g/mol. The molecule has 0 aliphatic rings. The zero-order chi connectivity index (χ0) is 12.5. The van der Waals surface area contributed by atoms with Crippen LogP contribution in [0.3, 0.4) is 0 Å². The van der Waals surface area contributed by atoms with Gasteiger partial charge in [-0.25, -0.2) is 0 Å². The molecule has 1 aromatic carbocycles. The maximum Gasteiger partial charge on any atom is 0.228 e. The van der Waals surface area contributed by atoms with Crippen LogP contribution in [0.4, 0.5) is 5.69 Å². The molecule has 0 saturated carbocycles. The number of methoxy groups -OCH3 is 1. The minimum Gasteiger partial charge on any atom is -0.495 e. The number of hydrogen-bond acceptors (Lipinski definition) is 2. The Bertz CT molecular complexity index is 422. The van der Waals surface area contributed by atoms with Crippen LogP contribution in [0.5, 0.6) is 5.75 Å². The SMILES string of the molecule is C/C=C/C=C/CC(=O)Nc1ccccc1OC. The van der Waals surface area contributed by atoms with Crippen LogP contribution in [0.1, 0.15) is 13.3 Å². The van der Waals surface area contributed by atoms with Gasteiger partial charge in [0.15, 0.2) is 0 Å². The fourth-order valence-corrected chi connectivity index (χ4v) is 1.31. The molecule has 3 nitrogen and oxygen atoms in total. The van der Waals surface area contributed by atoms with Gasteiger partial charge in [-0.05, 0) is 19.1 Å². The van der Waals surface area contributed by atoms with Crippen molar-refractivity contribution in [2.75, 3.05) is 12.4 Å². The molecule has 0 aliphatic carbocycles. The molecule has 3 heteroatoms. The zero-order valence-corrected chi connectivity index (χ0v) is 10.1. The molecule has 0 fully saturated rings. The van der Waals surface area contributed by atoms with Crippen LogP contribution in [-0.2, 0) is 4.79 Å². The van der Waals surface area contributed by atoms with Crippen molar-refractivity contribution in [2.45, 2.75) is 13.3 Å². The average Bonchev–Trinajstić information content (AvgIpc) is 2.35. The Balaban J connectivity index is 2.56. The fourth-order valence-electron chi connectivity index (χ4n) is 1.31. The summed E-state index contributed by atoms with van der Waals surface area (Å²) >= 11 is 0. The van der Waals surface area contributed by atoms with Crippen molar-refractivity contribution < 1.29 is 9.53 Å². The number of nitrogens with one attached hydrogen (secondary N) is 1. The van der Waals surface area contributed by atoms with Crippen LogP contribution in [0.25, 0.3) is 0 Å². The lowest BCUT2D eigenvalue weighted by Gasteiger charge is -2.08. The van der Waals surface area contributed by atoms with E-state index in [0.717, 1.165) is 0 Å². The largest absolute Gasteiger partial charge is 0.495 e. The van der Waals surface area contributed by atoms with Gasteiger partial charge in [0.05, 0.1) is 12.8 Å². The second-order valence-corrected chi connectivity index (χ2v) is 3.41. The predicted molar refractivity (Wildman–Crippen MR) is 70.2 cm³/mol. The first-order valence-corrected chi connectivity index (χ1v) is 5.48. The molecule has 0 aliphatic heterocycles. The van der Waals surface area contributed by atoms with Crippen molar-refractivity contribution in [3.05, 3.63) is 48.6 Å². The van der Waals surface area contributed by atoms with Gasteiger partial charge in [-0.1, -0.05) is 36.4 Å². The molecule has 0 atom stereocenters. The van der Waals surface area contributed by atoms with E-state index in [1.54, 1.807) is 7.11 Å². The Kier molecular flexibility index (Phi) is 5.58. The van der Waals surface area contributed by atoms with E-state index in [4.69, 9.17) is 4.74 Å². The summed E-state index contributed by atoms with van der Waals surface area (Å²) < 4.78 is 5.15. The molecule has 1 amide bonds. The highest BCUT2D eigenvalue weighted by Gasteiger charge is 2.04. The predicted octanol–water partition coefficient (Wildman–Crippen LogP) is 3.16. The Labute approximate surface area is 102 Å². The molecule has 0 saturated heterocycles. The highest BCUT2D eigenvalue weighted by molar-refractivity contribution is 5.93. The molecule has 0 unspecified atom stereocenters. The van der Waals surface area contributed by atoms with Crippen molar-refractivity contribution >= 4 is 11.6 Å². The van der Waals surface area contributed by atoms with Gasteiger partial charge in [-0.3, -0.25) is 4.79 Å². The van der Waals surface area contributed by atoms with Crippen LogP contribution >= 0.6 is 0 Å². The molecule has 1 rings (SSSR count). The molecule has 1 aromatic rings. The number of rotatable bonds is 5. The van der Waals surface area contributed by atoms with E-state index in [9.17, 15) is 4.79 Å². The Morgan fingerprint density at radius 3 is 2.82 bits per heavy atom. The molecule has 90 valence electrons. The topological polar surface area (TPSA) is 38.3 Å². The van der Waals surface area contributed by atoms with Gasteiger partial charge in [0.1, 0.15) is 5.75 Å². The maximum atomic E-state index is 11.6. The summed E-state index contributed by atoms with van der Waals surface area (Å²) in [5.74, 6) is 0.605. The minimum atomic E-state index is -0.0600. The molecule has 1 N–H and O–H groups in total. The monoisotopic (exact) mass is 231 g/mol. The summed E-state index contributed by atoms with van der Waals surface area (Å²) in [5.41, 5.74) is 0.694. The maximum absolute atomic E-state index is 11.6. The van der Waals surface area contributed by atoms with E-state index in [2.05, 4.69) is 5.32 Å². The Morgan fingerprint density at radius 1 is 1.35 bits per heavy atom. The van der Waals surface area contributed by atoms with E-state index in [1.807, 2.05) is 55.5 Å². The van der Waals surface area contributed by atoms with Crippen molar-refractivity contribution in [3.8, 4) is 5.75 Å². The summed E-state index contributed by atoms with van der Waals surface area (Å²) in [6.45, 7) is 1.93. The Hall–Kier alpha value is -2.03. The highest BCUT2D eigenvalue weighted by atomic mass is 16.5. The van der Waals surface area contributed by atoms with Gasteiger partial charge >= 0.3 is 0 Å². The molecule has 0 bridgehead atoms. The highest BCUT2D eigenvalue weighted by Crippen LogP contribution is 2.22. The van der Waals surface area contributed by atoms with Crippen LogP contribution in [-0.4, -0.2) is 13.0 Å². The molecule has 0 heterocycles. The first-order chi connectivity index (χ1) is 8.27. The lowest BCUT2D eigenvalue weighted by atomic mass is 10.2. The average molecular weight is 231 g/mol. The van der Waals surface area contributed by atoms with E-state index >= 15 is 0 Å². The number of carbonyl (C=O) groups is 1. The lowest BCUT2D eigenvalue weighted by molar-refractivity contribution is -0.115. The Morgan fingerprint density at radius 2 is 2.12 bits per heavy atom. The van der Waals surface area contributed by atoms with Crippen LogP contribution in [0, 0.1) is 0 Å². The van der Waals surface area contributed by atoms with Crippen LogP contribution in [0.15, 0.2) is 48.6 Å². The number of carbonyl (C=O) groups excluding carboxylic acids is 1. The smallest absolute Gasteiger partial charge is 0.228 e. The van der Waals surface area contributed by atoms with Gasteiger partial charge in [0.2, 0.25) is 5.91 Å². The number of allylic oxidation sites excluding steroid dienone is 3. The summed E-state index contributed by atoms with van der Waals surface area (Å²) in [6.07, 6.45) is 7.81. The van der Waals surface area contributed by atoms with Crippen molar-refractivity contribution in [2.24, 2.45) is 0 Å². The van der Waals surface area contributed by atoms with E-state index in [1.165, 1.54) is 0 Å². The third kappa shape index (κ3) is 4.55. The zero-order valence-electron chi connectivity index (χ0n) is 10.1. The fraction of sp³-hybridized carbons (Fsp3) is 0.214. The normalized spacial score (nSPS) is 10.9. The number of anilines is 1. The minimum absolute atomic E-state index is 0.0600. The summed E-state index contributed by atoms with van der Waals surface area (Å²) in [7, 11) is 1.58. The van der Waals surface area contributed by atoms with Gasteiger partial charge in [0.25, 0.3) is 0 Å². The first-order valence-electron chi connectivity index (χ1n) is 5.48. The van der Waals surface area contributed by atoms with Gasteiger partial charge in [-0.2, -0.15) is 0 Å². The standard InChI is InChI=1S/C14H17NO2/c1-3-4-5-6-11-14(16)15-12-9-7-8-10-13(12)17-2/h3-10H,11H2,1-2H3,(H,15,16)/b4-3+,6-5+. The van der Waals surface area contributed by atoms with Gasteiger partial charge in [-0.15, -0.1) is 0 Å². The quantitative estimate of drug-likeness (QED) is 0.790. The van der Waals surface area contributed by atoms with E-state index < -0.39 is 0 Å². The molecule has 0 aromatic heterocycles. The number of para-hydroxylation sites is 2. The molecule has 0 radical (unpaired) electrons. The van der Waals surface area contributed by atoms with Crippen LogP contribution in [0.2, 0.25) is 0 Å². The summed E-state index contributed by atoms with van der Waals surface area (Å²) in [4.78, 5) is 11.6. The van der Waals surface area contributed by atoms with Crippen molar-refractivity contribution in [1.82, 2.24) is 0 Å². The third-order valence-electron chi connectivity index (χ3n) is 2.12. The van der Waals surface area contributed by atoms with E-state index in [-0.39, 0.29) is 5.91 Å². The molecule has 0 spiro atoms. The van der Waals surface area contributed by atoms with Gasteiger partial charge < -0.3 is 10.1 Å². The number of hydrogen-bond donors (Lipinski definition) is 1. The van der Waals surface area contributed by atoms with Crippen LogP contribution < -0.4 is 10.1 Å². The molecule has 17 heavy (non-hydrogen) atoms. The number of amides is 1. The van der Waals surface area contributed by atoms with Gasteiger partial charge in [0, 0.05) is 6.42 Å². The molecular formula is C14H17NO2. The number of benzene rings is 1. The van der Waals surface area contributed by atoms with E-state index in [0.29, 0.717) is 17.9 Å². The van der Waals surface area contributed by atoms with Crippen molar-refractivity contribution in [3.63, 3.8) is 0 Å². The second kappa shape index (κ2) is 7.28. The lowest BCUT2D eigenvalue weighted by Crippen LogP contribution is -2.10. The second-order valence-electron chi connectivity index (χ2n) is 3.41. The summed E-state index contributed by atoms with van der Waals surface area (Å²) in [6, 6.07) is 7.34. The first kappa shape index (κ1) is 13.0. The van der Waals surface area contributed by atoms with Crippen molar-refractivity contribution in [1.29, 1.82) is 0 Å². The summed E-state index contributed by atoms with van der Waals surface area (Å²) in [5, 5.41) is 2.80. The number of ether oxygens (including phenoxy) is 1. The third-order valence-corrected chi connectivity index (χ3v) is 2.12.